The zero-order chi connectivity index (χ0) is 17.1. The largest absolute Gasteiger partial charge is 0.478 e. The van der Waals surface area contributed by atoms with E-state index in [-0.39, 0.29) is 12.2 Å². The van der Waals surface area contributed by atoms with Gasteiger partial charge in [0.2, 0.25) is 0 Å². The number of carbonyl (C=O) groups excluding carboxylic acids is 1. The maximum atomic E-state index is 12.3. The van der Waals surface area contributed by atoms with Gasteiger partial charge in [-0.3, -0.25) is 0 Å². The number of nitrogens with zero attached hydrogens (tertiary/aromatic N) is 1. The van der Waals surface area contributed by atoms with Crippen LogP contribution < -0.4 is 0 Å². The molecular formula is C18H21NO4. The van der Waals surface area contributed by atoms with Crippen molar-refractivity contribution in [2.45, 2.75) is 34.2 Å². The van der Waals surface area contributed by atoms with E-state index in [1.165, 1.54) is 0 Å². The van der Waals surface area contributed by atoms with Crippen molar-refractivity contribution < 1.29 is 19.4 Å². The van der Waals surface area contributed by atoms with Crippen molar-refractivity contribution in [2.24, 2.45) is 0 Å². The van der Waals surface area contributed by atoms with E-state index in [0.717, 1.165) is 11.1 Å². The monoisotopic (exact) mass is 315 g/mol. The average molecular weight is 315 g/mol. The molecule has 0 aliphatic rings. The molecular weight excluding hydrogens is 294 g/mol. The van der Waals surface area contributed by atoms with Crippen LogP contribution in [0.5, 0.6) is 0 Å². The molecule has 0 aliphatic heterocycles. The van der Waals surface area contributed by atoms with Gasteiger partial charge in [0.25, 0.3) is 0 Å². The third-order valence-corrected chi connectivity index (χ3v) is 3.87. The molecule has 0 aliphatic carbocycles. The van der Waals surface area contributed by atoms with Gasteiger partial charge in [0.05, 0.1) is 12.2 Å². The third kappa shape index (κ3) is 3.28. The first-order valence-corrected chi connectivity index (χ1v) is 7.52. The molecule has 2 rings (SSSR count). The Labute approximate surface area is 135 Å². The fourth-order valence-corrected chi connectivity index (χ4v) is 2.86. The first kappa shape index (κ1) is 16.8. The summed E-state index contributed by atoms with van der Waals surface area (Å²) in [5.41, 5.74) is 3.59. The highest BCUT2D eigenvalue weighted by Crippen LogP contribution is 2.24. The Morgan fingerprint density at radius 3 is 2.48 bits per heavy atom. The summed E-state index contributed by atoms with van der Waals surface area (Å²) in [6, 6.07) is 7.91. The number of carboxylic acids is 1. The highest BCUT2D eigenvalue weighted by Gasteiger charge is 2.26. The predicted molar refractivity (Wildman–Crippen MR) is 87.1 cm³/mol. The van der Waals surface area contributed by atoms with Gasteiger partial charge in [0.1, 0.15) is 5.69 Å². The van der Waals surface area contributed by atoms with Gasteiger partial charge >= 0.3 is 11.9 Å². The first-order chi connectivity index (χ1) is 10.9. The van der Waals surface area contributed by atoms with Crippen LogP contribution in [-0.2, 0) is 11.3 Å². The molecule has 0 radical (unpaired) electrons. The Hall–Kier alpha value is -2.56. The summed E-state index contributed by atoms with van der Waals surface area (Å²) in [6.45, 7) is 7.76. The van der Waals surface area contributed by atoms with Crippen LogP contribution in [0.15, 0.2) is 24.3 Å². The fraction of sp³-hybridized carbons (Fsp3) is 0.333. The lowest BCUT2D eigenvalue weighted by Crippen LogP contribution is -2.15. The van der Waals surface area contributed by atoms with E-state index in [2.05, 4.69) is 0 Å². The second kappa shape index (κ2) is 6.69. The van der Waals surface area contributed by atoms with Crippen molar-refractivity contribution >= 4 is 11.9 Å². The van der Waals surface area contributed by atoms with Crippen LogP contribution in [0.3, 0.4) is 0 Å². The van der Waals surface area contributed by atoms with E-state index in [1.54, 1.807) is 25.3 Å². The first-order valence-electron chi connectivity index (χ1n) is 7.52. The minimum Gasteiger partial charge on any atom is -0.478 e. The molecule has 0 fully saturated rings. The molecule has 0 unspecified atom stereocenters. The highest BCUT2D eigenvalue weighted by molar-refractivity contribution is 5.98. The Bertz CT molecular complexity index is 759. The summed E-state index contributed by atoms with van der Waals surface area (Å²) in [5, 5.41) is 9.44. The third-order valence-electron chi connectivity index (χ3n) is 3.87. The van der Waals surface area contributed by atoms with Gasteiger partial charge in [-0.25, -0.2) is 9.59 Å². The number of hydrogen-bond acceptors (Lipinski definition) is 3. The number of carbonyl (C=O) groups is 2. The molecule has 23 heavy (non-hydrogen) atoms. The molecule has 1 aromatic heterocycles. The van der Waals surface area contributed by atoms with E-state index >= 15 is 0 Å². The Balaban J connectivity index is 2.58. The molecule has 1 aromatic carbocycles. The zero-order valence-electron chi connectivity index (χ0n) is 13.8. The number of ether oxygens (including phenoxy) is 1. The van der Waals surface area contributed by atoms with Crippen LogP contribution in [-0.4, -0.2) is 28.2 Å². The SMILES string of the molecule is CCOC(=O)c1c(C)c(C(=O)O)c(C)n1Cc1cccc(C)c1. The van der Waals surface area contributed by atoms with Crippen LogP contribution in [0.25, 0.3) is 0 Å². The fourth-order valence-electron chi connectivity index (χ4n) is 2.86. The lowest BCUT2D eigenvalue weighted by molar-refractivity contribution is 0.0513. The van der Waals surface area contributed by atoms with E-state index in [1.807, 2.05) is 31.2 Å². The molecule has 0 saturated carbocycles. The molecule has 5 heteroatoms. The van der Waals surface area contributed by atoms with Gasteiger partial charge in [0, 0.05) is 12.2 Å². The minimum atomic E-state index is -1.03. The molecule has 1 N–H and O–H groups in total. The lowest BCUT2D eigenvalue weighted by atomic mass is 10.1. The van der Waals surface area contributed by atoms with Gasteiger partial charge < -0.3 is 14.4 Å². The molecule has 1 heterocycles. The van der Waals surface area contributed by atoms with Gasteiger partial charge in [-0.1, -0.05) is 29.8 Å². The summed E-state index contributed by atoms with van der Waals surface area (Å²) < 4.78 is 6.83. The van der Waals surface area contributed by atoms with Crippen LogP contribution >= 0.6 is 0 Å². The number of carboxylic acid groups (broad SMARTS) is 1. The van der Waals surface area contributed by atoms with Crippen molar-refractivity contribution in [1.29, 1.82) is 0 Å². The van der Waals surface area contributed by atoms with E-state index in [4.69, 9.17) is 4.74 Å². The maximum absolute atomic E-state index is 12.3. The van der Waals surface area contributed by atoms with Gasteiger partial charge in [-0.2, -0.15) is 0 Å². The van der Waals surface area contributed by atoms with Gasteiger partial charge in [-0.05, 0) is 38.8 Å². The topological polar surface area (TPSA) is 68.5 Å². The van der Waals surface area contributed by atoms with Crippen molar-refractivity contribution in [1.82, 2.24) is 4.57 Å². The summed E-state index contributed by atoms with van der Waals surface area (Å²) >= 11 is 0. The standard InChI is InChI=1S/C18H21NO4/c1-5-23-18(22)16-12(3)15(17(20)21)13(4)19(16)10-14-8-6-7-11(2)9-14/h6-9H,5,10H2,1-4H3,(H,20,21). The molecule has 0 spiro atoms. The second-order valence-corrected chi connectivity index (χ2v) is 5.53. The molecule has 0 amide bonds. The summed E-state index contributed by atoms with van der Waals surface area (Å²) in [5.74, 6) is -1.53. The normalized spacial score (nSPS) is 10.6. The molecule has 5 nitrogen and oxygen atoms in total. The highest BCUT2D eigenvalue weighted by atomic mass is 16.5. The lowest BCUT2D eigenvalue weighted by Gasteiger charge is -2.12. The predicted octanol–water partition coefficient (Wildman–Crippen LogP) is 3.34. The maximum Gasteiger partial charge on any atom is 0.355 e. The minimum absolute atomic E-state index is 0.167. The van der Waals surface area contributed by atoms with Gasteiger partial charge in [-0.15, -0.1) is 0 Å². The van der Waals surface area contributed by atoms with Crippen LogP contribution in [0.1, 0.15) is 50.2 Å². The Morgan fingerprint density at radius 1 is 1.22 bits per heavy atom. The number of rotatable bonds is 5. The summed E-state index contributed by atoms with van der Waals surface area (Å²) in [7, 11) is 0. The quantitative estimate of drug-likeness (QED) is 0.859. The van der Waals surface area contributed by atoms with E-state index in [0.29, 0.717) is 23.5 Å². The number of aromatic nitrogens is 1. The Morgan fingerprint density at radius 2 is 1.91 bits per heavy atom. The number of aromatic carboxylic acids is 1. The Kier molecular flexibility index (Phi) is 4.89. The summed E-state index contributed by atoms with van der Waals surface area (Å²) in [6.07, 6.45) is 0. The number of aryl methyl sites for hydroxylation is 1. The average Bonchev–Trinajstić information content (AvgIpc) is 2.70. The van der Waals surface area contributed by atoms with E-state index in [9.17, 15) is 14.7 Å². The van der Waals surface area contributed by atoms with Gasteiger partial charge in [0.15, 0.2) is 0 Å². The second-order valence-electron chi connectivity index (χ2n) is 5.53. The molecule has 0 bridgehead atoms. The number of esters is 1. The number of hydrogen-bond donors (Lipinski definition) is 1. The molecule has 2 aromatic rings. The molecule has 122 valence electrons. The van der Waals surface area contributed by atoms with Crippen LogP contribution in [0.2, 0.25) is 0 Å². The number of benzene rings is 1. The van der Waals surface area contributed by atoms with Crippen molar-refractivity contribution in [2.75, 3.05) is 6.61 Å². The molecule has 0 atom stereocenters. The van der Waals surface area contributed by atoms with Crippen molar-refractivity contribution in [3.8, 4) is 0 Å². The van der Waals surface area contributed by atoms with Crippen LogP contribution in [0.4, 0.5) is 0 Å². The van der Waals surface area contributed by atoms with E-state index < -0.39 is 11.9 Å². The van der Waals surface area contributed by atoms with Crippen LogP contribution in [0, 0.1) is 20.8 Å². The zero-order valence-corrected chi connectivity index (χ0v) is 13.8. The molecule has 0 saturated heterocycles. The van der Waals surface area contributed by atoms with Crippen molar-refractivity contribution in [3.63, 3.8) is 0 Å². The van der Waals surface area contributed by atoms with Crippen molar-refractivity contribution in [3.05, 3.63) is 57.9 Å². The summed E-state index contributed by atoms with van der Waals surface area (Å²) in [4.78, 5) is 23.8. The smallest absolute Gasteiger partial charge is 0.355 e.